The van der Waals surface area contributed by atoms with Gasteiger partial charge in [-0.1, -0.05) is 25.1 Å². The van der Waals surface area contributed by atoms with Gasteiger partial charge in [0.2, 0.25) is 5.91 Å². The fourth-order valence-electron chi connectivity index (χ4n) is 3.06. The van der Waals surface area contributed by atoms with E-state index >= 15 is 0 Å². The van der Waals surface area contributed by atoms with Crippen molar-refractivity contribution in [2.45, 2.75) is 47.0 Å². The molecule has 2 rings (SSSR count). The van der Waals surface area contributed by atoms with Crippen molar-refractivity contribution in [3.05, 3.63) is 62.1 Å². The molecule has 1 aromatic heterocycles. The molecule has 2 aromatic rings. The number of aryl methyl sites for hydroxylation is 3. The van der Waals surface area contributed by atoms with E-state index in [1.807, 2.05) is 31.2 Å². The molecule has 2 N–H and O–H groups in total. The van der Waals surface area contributed by atoms with Crippen molar-refractivity contribution in [1.82, 2.24) is 4.98 Å². The Balaban J connectivity index is 2.17. The Hall–Kier alpha value is -2.87. The second-order valence-corrected chi connectivity index (χ2v) is 6.18. The lowest BCUT2D eigenvalue weighted by molar-refractivity contribution is -0.116. The summed E-state index contributed by atoms with van der Waals surface area (Å²) >= 11 is 0. The monoisotopic (exact) mass is 337 g/mol. The summed E-state index contributed by atoms with van der Waals surface area (Å²) in [6, 6.07) is 7.91. The number of aromatic nitrogens is 1. The van der Waals surface area contributed by atoms with Gasteiger partial charge in [0.1, 0.15) is 11.6 Å². The number of nitriles is 1. The second-order valence-electron chi connectivity index (χ2n) is 6.18. The minimum Gasteiger partial charge on any atom is -0.326 e. The number of nitrogens with zero attached hydrogens (tertiary/aromatic N) is 1. The highest BCUT2D eigenvalue weighted by molar-refractivity contribution is 5.92. The molecule has 25 heavy (non-hydrogen) atoms. The van der Waals surface area contributed by atoms with Gasteiger partial charge in [-0.05, 0) is 55.9 Å². The topological polar surface area (TPSA) is 85.8 Å². The Morgan fingerprint density at radius 3 is 2.64 bits per heavy atom. The first kappa shape index (κ1) is 18.5. The first-order chi connectivity index (χ1) is 11.9. The van der Waals surface area contributed by atoms with E-state index < -0.39 is 0 Å². The molecule has 0 unspecified atom stereocenters. The molecular weight excluding hydrogens is 314 g/mol. The number of amides is 1. The van der Waals surface area contributed by atoms with Crippen LogP contribution in [-0.2, 0) is 17.6 Å². The van der Waals surface area contributed by atoms with Crippen molar-refractivity contribution >= 4 is 11.6 Å². The molecule has 5 nitrogen and oxygen atoms in total. The maximum atomic E-state index is 12.4. The van der Waals surface area contributed by atoms with Crippen molar-refractivity contribution < 1.29 is 4.79 Å². The van der Waals surface area contributed by atoms with Gasteiger partial charge in [-0.25, -0.2) is 0 Å². The van der Waals surface area contributed by atoms with Crippen LogP contribution in [0.5, 0.6) is 0 Å². The lowest BCUT2D eigenvalue weighted by atomic mass is 9.99. The molecule has 1 aromatic carbocycles. The Bertz CT molecular complexity index is 904. The average Bonchev–Trinajstić information content (AvgIpc) is 2.56. The third-order valence-corrected chi connectivity index (χ3v) is 4.53. The predicted molar refractivity (Wildman–Crippen MR) is 98.8 cm³/mol. The zero-order valence-electron chi connectivity index (χ0n) is 15.1. The molecule has 0 aliphatic rings. The number of para-hydroxylation sites is 1. The van der Waals surface area contributed by atoms with Gasteiger partial charge in [0.05, 0.1) is 0 Å². The molecule has 0 radical (unpaired) electrons. The van der Waals surface area contributed by atoms with E-state index in [-0.39, 0.29) is 23.5 Å². The van der Waals surface area contributed by atoms with Crippen LogP contribution in [0, 0.1) is 32.1 Å². The van der Waals surface area contributed by atoms with E-state index in [1.54, 1.807) is 13.8 Å². The number of pyridine rings is 1. The lowest BCUT2D eigenvalue weighted by Gasteiger charge is -2.14. The normalized spacial score (nSPS) is 10.4. The molecule has 1 amide bonds. The van der Waals surface area contributed by atoms with E-state index in [9.17, 15) is 9.59 Å². The van der Waals surface area contributed by atoms with Crippen molar-refractivity contribution in [2.24, 2.45) is 0 Å². The molecule has 0 bridgehead atoms. The van der Waals surface area contributed by atoms with E-state index in [0.29, 0.717) is 17.7 Å². The van der Waals surface area contributed by atoms with Crippen LogP contribution in [0.3, 0.4) is 0 Å². The molecule has 130 valence electrons. The fraction of sp³-hybridized carbons (Fsp3) is 0.350. The summed E-state index contributed by atoms with van der Waals surface area (Å²) in [7, 11) is 0. The zero-order valence-corrected chi connectivity index (χ0v) is 15.1. The second kappa shape index (κ2) is 7.80. The van der Waals surface area contributed by atoms with Gasteiger partial charge in [-0.2, -0.15) is 5.26 Å². The quantitative estimate of drug-likeness (QED) is 0.877. The predicted octanol–water partition coefficient (Wildman–Crippen LogP) is 3.31. The molecular formula is C20H23N3O2. The first-order valence-electron chi connectivity index (χ1n) is 8.39. The molecule has 0 saturated carbocycles. The van der Waals surface area contributed by atoms with Crippen molar-refractivity contribution in [3.63, 3.8) is 0 Å². The number of benzene rings is 1. The summed E-state index contributed by atoms with van der Waals surface area (Å²) in [5, 5.41) is 12.1. The van der Waals surface area contributed by atoms with Crippen molar-refractivity contribution in [3.8, 4) is 6.07 Å². The van der Waals surface area contributed by atoms with E-state index in [2.05, 4.69) is 17.2 Å². The molecule has 5 heteroatoms. The molecule has 0 aliphatic heterocycles. The van der Waals surface area contributed by atoms with Crippen LogP contribution in [-0.4, -0.2) is 10.9 Å². The molecule has 0 saturated heterocycles. The minimum atomic E-state index is -0.377. The summed E-state index contributed by atoms with van der Waals surface area (Å²) in [4.78, 5) is 26.9. The highest BCUT2D eigenvalue weighted by Crippen LogP contribution is 2.22. The smallest absolute Gasteiger partial charge is 0.266 e. The van der Waals surface area contributed by atoms with Crippen LogP contribution in [0.15, 0.2) is 23.0 Å². The van der Waals surface area contributed by atoms with Crippen LogP contribution >= 0.6 is 0 Å². The Morgan fingerprint density at radius 1 is 1.28 bits per heavy atom. The van der Waals surface area contributed by atoms with Gasteiger partial charge in [0.25, 0.3) is 5.56 Å². The highest BCUT2D eigenvalue weighted by atomic mass is 16.1. The van der Waals surface area contributed by atoms with Gasteiger partial charge >= 0.3 is 0 Å². The number of hydrogen-bond acceptors (Lipinski definition) is 3. The third-order valence-electron chi connectivity index (χ3n) is 4.53. The fourth-order valence-corrected chi connectivity index (χ4v) is 3.06. The van der Waals surface area contributed by atoms with Gasteiger partial charge in [-0.3, -0.25) is 9.59 Å². The minimum absolute atomic E-state index is 0.0764. The number of carbonyl (C=O) groups is 1. The van der Waals surface area contributed by atoms with Crippen molar-refractivity contribution in [1.29, 1.82) is 5.26 Å². The van der Waals surface area contributed by atoms with Crippen LogP contribution in [0.4, 0.5) is 5.69 Å². The highest BCUT2D eigenvalue weighted by Gasteiger charge is 2.14. The largest absolute Gasteiger partial charge is 0.326 e. The van der Waals surface area contributed by atoms with Gasteiger partial charge in [-0.15, -0.1) is 0 Å². The van der Waals surface area contributed by atoms with Gasteiger partial charge in [0.15, 0.2) is 0 Å². The van der Waals surface area contributed by atoms with Crippen LogP contribution in [0.1, 0.15) is 46.9 Å². The van der Waals surface area contributed by atoms with Crippen molar-refractivity contribution in [2.75, 3.05) is 5.32 Å². The number of hydrogen-bond donors (Lipinski definition) is 2. The lowest BCUT2D eigenvalue weighted by Crippen LogP contribution is -2.19. The summed E-state index contributed by atoms with van der Waals surface area (Å²) in [6.07, 6.45) is 1.61. The maximum absolute atomic E-state index is 12.4. The van der Waals surface area contributed by atoms with Gasteiger partial charge < -0.3 is 10.3 Å². The Labute approximate surface area is 147 Å². The number of carbonyl (C=O) groups excluding carboxylic acids is 1. The van der Waals surface area contributed by atoms with E-state index in [4.69, 9.17) is 5.26 Å². The Morgan fingerprint density at radius 2 is 2.00 bits per heavy atom. The standard InChI is InChI=1S/C20H23N3O2/c1-5-15-8-6-7-12(2)19(15)23-18(24)10-9-16-13(3)17(11-21)20(25)22-14(16)4/h6-8H,5,9-10H2,1-4H3,(H,22,25)(H,23,24). The SMILES string of the molecule is CCc1cccc(C)c1NC(=O)CCc1c(C)[nH]c(=O)c(C#N)c1C. The van der Waals surface area contributed by atoms with Crippen LogP contribution < -0.4 is 10.9 Å². The Kier molecular flexibility index (Phi) is 5.76. The number of nitrogens with one attached hydrogen (secondary N) is 2. The average molecular weight is 337 g/mol. The van der Waals surface area contributed by atoms with Crippen LogP contribution in [0.25, 0.3) is 0 Å². The number of aromatic amines is 1. The molecule has 0 atom stereocenters. The summed E-state index contributed by atoms with van der Waals surface area (Å²) in [5.41, 5.74) is 4.98. The molecule has 0 aliphatic carbocycles. The van der Waals surface area contributed by atoms with E-state index in [0.717, 1.165) is 28.8 Å². The van der Waals surface area contributed by atoms with E-state index in [1.165, 1.54) is 0 Å². The maximum Gasteiger partial charge on any atom is 0.266 e. The number of H-pyrrole nitrogens is 1. The molecule has 0 fully saturated rings. The summed E-state index contributed by atoms with van der Waals surface area (Å²) in [6.45, 7) is 7.58. The third kappa shape index (κ3) is 3.97. The zero-order chi connectivity index (χ0) is 18.6. The van der Waals surface area contributed by atoms with Crippen LogP contribution in [0.2, 0.25) is 0 Å². The van der Waals surface area contributed by atoms with Gasteiger partial charge in [0, 0.05) is 17.8 Å². The number of anilines is 1. The first-order valence-corrected chi connectivity index (χ1v) is 8.39. The summed E-state index contributed by atoms with van der Waals surface area (Å²) < 4.78 is 0. The number of rotatable bonds is 5. The molecule has 0 spiro atoms. The summed E-state index contributed by atoms with van der Waals surface area (Å²) in [5.74, 6) is -0.0764. The molecule has 1 heterocycles.